The number of pyridine rings is 1. The smallest absolute Gasteiger partial charge is 0.255 e. The first kappa shape index (κ1) is 13.0. The van der Waals surface area contributed by atoms with Crippen LogP contribution < -0.4 is 0 Å². The second kappa shape index (κ2) is 4.69. The molecule has 0 spiro atoms. The molecular weight excluding hydrogens is 228 g/mol. The highest BCUT2D eigenvalue weighted by atomic mass is 16.3. The predicted molar refractivity (Wildman–Crippen MR) is 69.5 cm³/mol. The van der Waals surface area contributed by atoms with Crippen LogP contribution in [0.25, 0.3) is 0 Å². The van der Waals surface area contributed by atoms with E-state index < -0.39 is 5.60 Å². The van der Waals surface area contributed by atoms with Crippen molar-refractivity contribution in [2.45, 2.75) is 39.2 Å². The van der Waals surface area contributed by atoms with Gasteiger partial charge in [-0.25, -0.2) is 0 Å². The maximum atomic E-state index is 12.4. The lowest BCUT2D eigenvalue weighted by Crippen LogP contribution is -2.48. The second-order valence-electron chi connectivity index (χ2n) is 5.41. The van der Waals surface area contributed by atoms with Crippen LogP contribution in [-0.2, 0) is 0 Å². The van der Waals surface area contributed by atoms with Gasteiger partial charge in [0.05, 0.1) is 16.9 Å². The number of nitrogens with zero attached hydrogens (tertiary/aromatic N) is 2. The lowest BCUT2D eigenvalue weighted by atomic mass is 9.94. The van der Waals surface area contributed by atoms with Crippen LogP contribution in [0.5, 0.6) is 0 Å². The Bertz CT molecular complexity index is 469. The molecule has 0 bridgehead atoms. The Balaban J connectivity index is 2.20. The molecule has 4 nitrogen and oxygen atoms in total. The van der Waals surface area contributed by atoms with Gasteiger partial charge in [-0.2, -0.15) is 0 Å². The van der Waals surface area contributed by atoms with Crippen molar-refractivity contribution in [2.75, 3.05) is 13.1 Å². The lowest BCUT2D eigenvalue weighted by molar-refractivity contribution is -0.0107. The number of aromatic nitrogens is 1. The summed E-state index contributed by atoms with van der Waals surface area (Å²) in [6.45, 7) is 6.66. The molecule has 18 heavy (non-hydrogen) atoms. The molecule has 1 atom stereocenters. The summed E-state index contributed by atoms with van der Waals surface area (Å²) in [6.07, 6.45) is 1.60. The molecular formula is C14H20N2O2. The molecule has 1 N–H and O–H groups in total. The molecule has 0 saturated carbocycles. The third-order valence-corrected chi connectivity index (χ3v) is 3.42. The zero-order valence-corrected chi connectivity index (χ0v) is 11.2. The summed E-state index contributed by atoms with van der Waals surface area (Å²) in [5.41, 5.74) is 1.54. The maximum Gasteiger partial charge on any atom is 0.255 e. The Morgan fingerprint density at radius 2 is 2.17 bits per heavy atom. The molecule has 1 aromatic heterocycles. The van der Waals surface area contributed by atoms with Gasteiger partial charge in [0.1, 0.15) is 0 Å². The van der Waals surface area contributed by atoms with Crippen molar-refractivity contribution in [3.63, 3.8) is 0 Å². The minimum Gasteiger partial charge on any atom is -0.388 e. The number of carbonyl (C=O) groups excluding carboxylic acids is 1. The number of hydrogen-bond donors (Lipinski definition) is 1. The van der Waals surface area contributed by atoms with Gasteiger partial charge in [0, 0.05) is 18.8 Å². The molecule has 0 aliphatic carbocycles. The Morgan fingerprint density at radius 3 is 2.78 bits per heavy atom. The monoisotopic (exact) mass is 248 g/mol. The fourth-order valence-electron chi connectivity index (χ4n) is 2.48. The van der Waals surface area contributed by atoms with Gasteiger partial charge in [-0.15, -0.1) is 0 Å². The van der Waals surface area contributed by atoms with Crippen molar-refractivity contribution < 1.29 is 9.90 Å². The van der Waals surface area contributed by atoms with Gasteiger partial charge in [-0.1, -0.05) is 0 Å². The molecule has 1 fully saturated rings. The molecule has 1 aliphatic rings. The van der Waals surface area contributed by atoms with Crippen LogP contribution in [0.1, 0.15) is 41.5 Å². The number of β-amino-alcohol motifs (C(OH)–C–C–N with tert-alkyl or cyclic N) is 1. The summed E-state index contributed by atoms with van der Waals surface area (Å²) in [7, 11) is 0. The first-order valence-corrected chi connectivity index (χ1v) is 6.35. The fourth-order valence-corrected chi connectivity index (χ4v) is 2.48. The van der Waals surface area contributed by atoms with Crippen molar-refractivity contribution in [3.05, 3.63) is 29.1 Å². The van der Waals surface area contributed by atoms with Crippen LogP contribution in [0.15, 0.2) is 12.1 Å². The van der Waals surface area contributed by atoms with E-state index in [0.717, 1.165) is 24.2 Å². The second-order valence-corrected chi connectivity index (χ2v) is 5.41. The molecule has 2 heterocycles. The van der Waals surface area contributed by atoms with Crippen LogP contribution in [0.4, 0.5) is 0 Å². The van der Waals surface area contributed by atoms with E-state index in [1.807, 2.05) is 26.0 Å². The summed E-state index contributed by atoms with van der Waals surface area (Å²) < 4.78 is 0. The minimum atomic E-state index is -0.764. The molecule has 2 rings (SSSR count). The summed E-state index contributed by atoms with van der Waals surface area (Å²) in [5, 5.41) is 10.0. The number of carbonyl (C=O) groups is 1. The van der Waals surface area contributed by atoms with Crippen LogP contribution in [0.3, 0.4) is 0 Å². The van der Waals surface area contributed by atoms with Gasteiger partial charge in [-0.3, -0.25) is 9.78 Å². The molecule has 4 heteroatoms. The third kappa shape index (κ3) is 2.70. The first-order chi connectivity index (χ1) is 8.39. The predicted octanol–water partition coefficient (Wildman–Crippen LogP) is 1.69. The van der Waals surface area contributed by atoms with E-state index in [4.69, 9.17) is 0 Å². The normalized spacial score (nSPS) is 24.1. The molecule has 1 saturated heterocycles. The number of aryl methyl sites for hydroxylation is 2. The number of amides is 1. The standard InChI is InChI=1S/C14H20N2O2/c1-10-5-6-12(11(2)15-10)13(17)16-8-4-7-14(3,18)9-16/h5-6,18H,4,7-9H2,1-3H3. The van der Waals surface area contributed by atoms with Crippen molar-refractivity contribution in [1.82, 2.24) is 9.88 Å². The molecule has 1 unspecified atom stereocenters. The van der Waals surface area contributed by atoms with Crippen LogP contribution in [0.2, 0.25) is 0 Å². The Morgan fingerprint density at radius 1 is 1.44 bits per heavy atom. The van der Waals surface area contributed by atoms with Gasteiger partial charge in [0.2, 0.25) is 0 Å². The fraction of sp³-hybridized carbons (Fsp3) is 0.571. The highest BCUT2D eigenvalue weighted by Gasteiger charge is 2.31. The Kier molecular flexibility index (Phi) is 3.39. The van der Waals surface area contributed by atoms with Gasteiger partial charge in [0.25, 0.3) is 5.91 Å². The molecule has 1 aromatic rings. The lowest BCUT2D eigenvalue weighted by Gasteiger charge is -2.37. The highest BCUT2D eigenvalue weighted by molar-refractivity contribution is 5.95. The Labute approximate surface area is 108 Å². The maximum absolute atomic E-state index is 12.4. The van der Waals surface area contributed by atoms with E-state index >= 15 is 0 Å². The van der Waals surface area contributed by atoms with Gasteiger partial charge in [-0.05, 0) is 45.7 Å². The number of hydrogen-bond acceptors (Lipinski definition) is 3. The molecule has 98 valence electrons. The minimum absolute atomic E-state index is 0.0278. The molecule has 1 aliphatic heterocycles. The number of rotatable bonds is 1. The average Bonchev–Trinajstić information content (AvgIpc) is 2.27. The van der Waals surface area contributed by atoms with Gasteiger partial charge in [0.15, 0.2) is 0 Å². The number of aliphatic hydroxyl groups is 1. The first-order valence-electron chi connectivity index (χ1n) is 6.35. The van der Waals surface area contributed by atoms with Crippen LogP contribution in [-0.4, -0.2) is 39.6 Å². The van der Waals surface area contributed by atoms with E-state index in [1.165, 1.54) is 0 Å². The van der Waals surface area contributed by atoms with Crippen LogP contribution in [0, 0.1) is 13.8 Å². The summed E-state index contributed by atoms with van der Waals surface area (Å²) in [4.78, 5) is 18.4. The SMILES string of the molecule is Cc1ccc(C(=O)N2CCCC(C)(O)C2)c(C)n1. The van der Waals surface area contributed by atoms with E-state index in [1.54, 1.807) is 11.8 Å². The summed E-state index contributed by atoms with van der Waals surface area (Å²) in [6, 6.07) is 3.67. The Hall–Kier alpha value is -1.42. The van der Waals surface area contributed by atoms with E-state index in [-0.39, 0.29) is 5.91 Å². The quantitative estimate of drug-likeness (QED) is 0.822. The van der Waals surface area contributed by atoms with Crippen molar-refractivity contribution >= 4 is 5.91 Å². The molecule has 1 amide bonds. The topological polar surface area (TPSA) is 53.4 Å². The average molecular weight is 248 g/mol. The summed E-state index contributed by atoms with van der Waals surface area (Å²) in [5.74, 6) is -0.0278. The number of piperidine rings is 1. The zero-order valence-electron chi connectivity index (χ0n) is 11.2. The van der Waals surface area contributed by atoms with Crippen molar-refractivity contribution in [1.29, 1.82) is 0 Å². The summed E-state index contributed by atoms with van der Waals surface area (Å²) >= 11 is 0. The highest BCUT2D eigenvalue weighted by Crippen LogP contribution is 2.22. The van der Waals surface area contributed by atoms with E-state index in [2.05, 4.69) is 4.98 Å². The third-order valence-electron chi connectivity index (χ3n) is 3.42. The van der Waals surface area contributed by atoms with E-state index in [0.29, 0.717) is 18.7 Å². The van der Waals surface area contributed by atoms with Crippen molar-refractivity contribution in [2.24, 2.45) is 0 Å². The van der Waals surface area contributed by atoms with Gasteiger partial charge >= 0.3 is 0 Å². The molecule has 0 radical (unpaired) electrons. The molecule has 0 aromatic carbocycles. The van der Waals surface area contributed by atoms with E-state index in [9.17, 15) is 9.90 Å². The zero-order chi connectivity index (χ0) is 13.3. The van der Waals surface area contributed by atoms with Crippen LogP contribution >= 0.6 is 0 Å². The van der Waals surface area contributed by atoms with Gasteiger partial charge < -0.3 is 10.0 Å². The largest absolute Gasteiger partial charge is 0.388 e. The van der Waals surface area contributed by atoms with Crippen molar-refractivity contribution in [3.8, 4) is 0 Å². The number of likely N-dealkylation sites (tertiary alicyclic amines) is 1.